The van der Waals surface area contributed by atoms with E-state index in [1.807, 2.05) is 0 Å². The Morgan fingerprint density at radius 2 is 2.28 bits per heavy atom. The summed E-state index contributed by atoms with van der Waals surface area (Å²) in [5, 5.41) is 19.3. The summed E-state index contributed by atoms with van der Waals surface area (Å²) in [6, 6.07) is 2.79. The number of rotatable bonds is 3. The van der Waals surface area contributed by atoms with Gasteiger partial charge in [-0.1, -0.05) is 18.5 Å². The van der Waals surface area contributed by atoms with Gasteiger partial charge in [0.15, 0.2) is 5.75 Å². The fourth-order valence-electron chi connectivity index (χ4n) is 1.08. The zero-order chi connectivity index (χ0) is 13.7. The van der Waals surface area contributed by atoms with Crippen LogP contribution in [0.25, 0.3) is 0 Å². The number of aromatic hydroxyl groups is 1. The molecule has 0 aliphatic carbocycles. The van der Waals surface area contributed by atoms with Crippen LogP contribution in [0, 0.1) is 0 Å². The lowest BCUT2D eigenvalue weighted by atomic mass is 10.2. The minimum Gasteiger partial charge on any atom is -0.504 e. The molecule has 0 aromatic heterocycles. The van der Waals surface area contributed by atoms with Gasteiger partial charge in [0, 0.05) is 6.42 Å². The maximum atomic E-state index is 11.3. The molecule has 1 aromatic rings. The Bertz CT molecular complexity index is 519. The normalized spacial score (nSPS) is 10.6. The van der Waals surface area contributed by atoms with Crippen LogP contribution in [0.2, 0.25) is 5.02 Å². The van der Waals surface area contributed by atoms with E-state index in [-0.39, 0.29) is 33.9 Å². The molecule has 0 saturated carbocycles. The molecule has 0 aliphatic heterocycles. The SMILES string of the molecule is CCC(=O)Nc1cc(N=NC(N)=S)cc(Cl)c1O. The number of halogens is 1. The smallest absolute Gasteiger partial charge is 0.224 e. The summed E-state index contributed by atoms with van der Waals surface area (Å²) in [5.74, 6) is -0.488. The van der Waals surface area contributed by atoms with Crippen molar-refractivity contribution in [3.63, 3.8) is 0 Å². The third-order valence-corrected chi connectivity index (χ3v) is 2.28. The summed E-state index contributed by atoms with van der Waals surface area (Å²) in [6.45, 7) is 1.68. The van der Waals surface area contributed by atoms with Gasteiger partial charge in [-0.15, -0.1) is 10.2 Å². The molecule has 0 atom stereocenters. The lowest BCUT2D eigenvalue weighted by molar-refractivity contribution is -0.115. The molecule has 0 bridgehead atoms. The molecule has 1 aromatic carbocycles. The van der Waals surface area contributed by atoms with Gasteiger partial charge in [-0.25, -0.2) is 0 Å². The molecule has 1 rings (SSSR count). The van der Waals surface area contributed by atoms with Crippen LogP contribution < -0.4 is 11.1 Å². The van der Waals surface area contributed by atoms with Crippen molar-refractivity contribution in [1.29, 1.82) is 0 Å². The van der Waals surface area contributed by atoms with Crippen LogP contribution in [-0.4, -0.2) is 16.1 Å². The molecule has 0 heterocycles. The Labute approximate surface area is 114 Å². The van der Waals surface area contributed by atoms with Crippen LogP contribution in [0.1, 0.15) is 13.3 Å². The summed E-state index contributed by atoms with van der Waals surface area (Å²) in [5.41, 5.74) is 5.64. The van der Waals surface area contributed by atoms with Crippen molar-refractivity contribution in [3.05, 3.63) is 17.2 Å². The molecule has 0 unspecified atom stereocenters. The van der Waals surface area contributed by atoms with Crippen molar-refractivity contribution < 1.29 is 9.90 Å². The lowest BCUT2D eigenvalue weighted by Gasteiger charge is -2.08. The lowest BCUT2D eigenvalue weighted by Crippen LogP contribution is -2.09. The highest BCUT2D eigenvalue weighted by molar-refractivity contribution is 7.80. The number of carbonyl (C=O) groups is 1. The number of phenols is 1. The maximum Gasteiger partial charge on any atom is 0.224 e. The molecule has 0 fully saturated rings. The van der Waals surface area contributed by atoms with Gasteiger partial charge in [0.05, 0.1) is 16.4 Å². The Morgan fingerprint density at radius 3 is 2.83 bits per heavy atom. The molecular weight excluding hydrogens is 276 g/mol. The molecule has 6 nitrogen and oxygen atoms in total. The quantitative estimate of drug-likeness (QED) is 0.452. The van der Waals surface area contributed by atoms with Crippen LogP contribution >= 0.6 is 23.8 Å². The van der Waals surface area contributed by atoms with Crippen LogP contribution in [-0.2, 0) is 4.79 Å². The minimum atomic E-state index is -0.259. The first-order valence-corrected chi connectivity index (χ1v) is 5.76. The number of carbonyl (C=O) groups excluding carboxylic acids is 1. The van der Waals surface area contributed by atoms with E-state index in [9.17, 15) is 9.90 Å². The van der Waals surface area contributed by atoms with Crippen molar-refractivity contribution in [2.24, 2.45) is 16.0 Å². The van der Waals surface area contributed by atoms with Gasteiger partial charge in [0.25, 0.3) is 0 Å². The molecule has 0 spiro atoms. The standard InChI is InChI=1S/C10H11ClN4O2S/c1-2-8(16)13-7-4-5(14-15-10(12)18)3-6(11)9(7)17/h3-4,17H,2H2,1H3,(H2,12,18)(H,13,16). The number of azo groups is 1. The second-order valence-corrected chi connectivity index (χ2v) is 4.09. The second kappa shape index (κ2) is 6.27. The van der Waals surface area contributed by atoms with Gasteiger partial charge in [-0.2, -0.15) is 0 Å². The first-order chi connectivity index (χ1) is 8.43. The highest BCUT2D eigenvalue weighted by atomic mass is 35.5. The summed E-state index contributed by atoms with van der Waals surface area (Å²) in [4.78, 5) is 11.3. The van der Waals surface area contributed by atoms with Crippen LogP contribution in [0.5, 0.6) is 5.75 Å². The predicted octanol–water partition coefficient (Wildman–Crippen LogP) is 2.72. The molecule has 1 amide bonds. The number of hydrogen-bond acceptors (Lipinski definition) is 4. The number of nitrogens with two attached hydrogens (primary N) is 1. The molecule has 4 N–H and O–H groups in total. The number of benzene rings is 1. The molecule has 0 saturated heterocycles. The van der Waals surface area contributed by atoms with Gasteiger partial charge in [0.2, 0.25) is 11.0 Å². The topological polar surface area (TPSA) is 100 Å². The van der Waals surface area contributed by atoms with E-state index < -0.39 is 0 Å². The summed E-state index contributed by atoms with van der Waals surface area (Å²) in [6.07, 6.45) is 0.274. The van der Waals surface area contributed by atoms with E-state index in [0.717, 1.165) is 0 Å². The monoisotopic (exact) mass is 286 g/mol. The van der Waals surface area contributed by atoms with E-state index in [1.165, 1.54) is 12.1 Å². The van der Waals surface area contributed by atoms with Crippen LogP contribution in [0.4, 0.5) is 11.4 Å². The Kier molecular flexibility index (Phi) is 4.99. The largest absolute Gasteiger partial charge is 0.504 e. The molecular formula is C10H11ClN4O2S. The zero-order valence-corrected chi connectivity index (χ0v) is 11.0. The third-order valence-electron chi connectivity index (χ3n) is 1.91. The average molecular weight is 287 g/mol. The van der Waals surface area contributed by atoms with E-state index in [2.05, 4.69) is 27.8 Å². The van der Waals surface area contributed by atoms with E-state index in [4.69, 9.17) is 17.3 Å². The Hall–Kier alpha value is -1.73. The van der Waals surface area contributed by atoms with E-state index in [0.29, 0.717) is 5.69 Å². The minimum absolute atomic E-state index is 0.0424. The number of phenolic OH excluding ortho intramolecular Hbond substituents is 1. The molecule has 0 radical (unpaired) electrons. The molecule has 18 heavy (non-hydrogen) atoms. The third kappa shape index (κ3) is 3.94. The van der Waals surface area contributed by atoms with Gasteiger partial charge in [-0.05, 0) is 24.4 Å². The van der Waals surface area contributed by atoms with Crippen molar-refractivity contribution in [2.45, 2.75) is 13.3 Å². The fraction of sp³-hybridized carbons (Fsp3) is 0.200. The molecule has 96 valence electrons. The zero-order valence-electron chi connectivity index (χ0n) is 9.48. The molecule has 8 heteroatoms. The van der Waals surface area contributed by atoms with Crippen molar-refractivity contribution in [3.8, 4) is 5.75 Å². The number of nitrogens with one attached hydrogen (secondary N) is 1. The predicted molar refractivity (Wildman–Crippen MR) is 73.3 cm³/mol. The highest BCUT2D eigenvalue weighted by Crippen LogP contribution is 2.36. The number of hydrogen-bond donors (Lipinski definition) is 3. The summed E-state index contributed by atoms with van der Waals surface area (Å²) < 4.78 is 0. The number of amides is 1. The Morgan fingerprint density at radius 1 is 1.61 bits per heavy atom. The second-order valence-electron chi connectivity index (χ2n) is 3.26. The first-order valence-electron chi connectivity index (χ1n) is 4.97. The van der Waals surface area contributed by atoms with Crippen LogP contribution in [0.3, 0.4) is 0 Å². The fourth-order valence-corrected chi connectivity index (χ4v) is 1.34. The number of nitrogens with zero attached hydrogens (tertiary/aromatic N) is 2. The average Bonchev–Trinajstić information content (AvgIpc) is 2.32. The van der Waals surface area contributed by atoms with Gasteiger partial charge in [0.1, 0.15) is 0 Å². The summed E-state index contributed by atoms with van der Waals surface area (Å²) >= 11 is 10.3. The van der Waals surface area contributed by atoms with E-state index >= 15 is 0 Å². The van der Waals surface area contributed by atoms with Crippen molar-refractivity contribution in [1.82, 2.24) is 0 Å². The van der Waals surface area contributed by atoms with Gasteiger partial charge in [-0.3, -0.25) is 4.79 Å². The Balaban J connectivity index is 3.10. The van der Waals surface area contributed by atoms with Gasteiger partial charge < -0.3 is 16.2 Å². The first kappa shape index (κ1) is 14.3. The van der Waals surface area contributed by atoms with E-state index in [1.54, 1.807) is 6.92 Å². The summed E-state index contributed by atoms with van der Waals surface area (Å²) in [7, 11) is 0. The maximum absolute atomic E-state index is 11.3. The number of thiocarbonyl (C=S) groups is 1. The van der Waals surface area contributed by atoms with Gasteiger partial charge >= 0.3 is 0 Å². The van der Waals surface area contributed by atoms with Crippen LogP contribution in [0.15, 0.2) is 22.4 Å². The van der Waals surface area contributed by atoms with Crippen molar-refractivity contribution in [2.75, 3.05) is 5.32 Å². The highest BCUT2D eigenvalue weighted by Gasteiger charge is 2.10. The van der Waals surface area contributed by atoms with Crippen molar-refractivity contribution >= 4 is 46.2 Å². The molecule has 0 aliphatic rings. The number of anilines is 1.